The van der Waals surface area contributed by atoms with Crippen molar-refractivity contribution in [1.82, 2.24) is 5.32 Å². The summed E-state index contributed by atoms with van der Waals surface area (Å²) in [6, 6.07) is 7.13. The van der Waals surface area contributed by atoms with Crippen molar-refractivity contribution in [3.8, 4) is 5.75 Å². The highest BCUT2D eigenvalue weighted by Gasteiger charge is 2.14. The highest BCUT2D eigenvalue weighted by Crippen LogP contribution is 2.27. The molecule has 0 aliphatic heterocycles. The molecule has 114 valence electrons. The summed E-state index contributed by atoms with van der Waals surface area (Å²) >= 11 is 0. The molecule has 0 saturated heterocycles. The first-order valence-electron chi connectivity index (χ1n) is 7.82. The van der Waals surface area contributed by atoms with Crippen LogP contribution in [0.1, 0.15) is 58.6 Å². The molecule has 0 bridgehead atoms. The van der Waals surface area contributed by atoms with Gasteiger partial charge in [-0.2, -0.15) is 0 Å². The van der Waals surface area contributed by atoms with E-state index in [1.54, 1.807) is 0 Å². The third-order valence-corrected chi connectivity index (χ3v) is 3.72. The summed E-state index contributed by atoms with van der Waals surface area (Å²) in [4.78, 5) is 0. The zero-order valence-corrected chi connectivity index (χ0v) is 14.0. The van der Waals surface area contributed by atoms with Gasteiger partial charge in [0.05, 0.1) is 6.61 Å². The minimum absolute atomic E-state index is 0.198. The van der Waals surface area contributed by atoms with E-state index in [9.17, 15) is 0 Å². The molecule has 1 atom stereocenters. The number of hydrogen-bond donors (Lipinski definition) is 1. The van der Waals surface area contributed by atoms with E-state index in [1.165, 1.54) is 17.5 Å². The second-order valence-corrected chi connectivity index (χ2v) is 6.70. The first-order chi connectivity index (χ1) is 9.34. The van der Waals surface area contributed by atoms with Crippen LogP contribution in [0.25, 0.3) is 0 Å². The van der Waals surface area contributed by atoms with Gasteiger partial charge in [0.1, 0.15) is 5.75 Å². The quantitative estimate of drug-likeness (QED) is 0.743. The van der Waals surface area contributed by atoms with Gasteiger partial charge in [-0.1, -0.05) is 39.8 Å². The number of nitrogens with one attached hydrogen (secondary N) is 1. The fourth-order valence-corrected chi connectivity index (χ4v) is 2.02. The lowest BCUT2D eigenvalue weighted by Crippen LogP contribution is -2.27. The van der Waals surface area contributed by atoms with Gasteiger partial charge in [0.15, 0.2) is 0 Å². The Hall–Kier alpha value is -1.02. The maximum Gasteiger partial charge on any atom is 0.122 e. The molecule has 0 saturated carbocycles. The van der Waals surface area contributed by atoms with Crippen LogP contribution in [0, 0.1) is 6.92 Å². The lowest BCUT2D eigenvalue weighted by molar-refractivity contribution is 0.303. The lowest BCUT2D eigenvalue weighted by atomic mass is 9.86. The molecule has 1 aromatic carbocycles. The summed E-state index contributed by atoms with van der Waals surface area (Å²) in [5.74, 6) is 1.02. The van der Waals surface area contributed by atoms with Gasteiger partial charge in [0.2, 0.25) is 0 Å². The Labute approximate surface area is 124 Å². The standard InChI is InChI=1S/C18H31NO/c1-7-15(3)19-11-8-12-20-17-10-9-16(13-14(17)2)18(4,5)6/h9-10,13,15,19H,7-8,11-12H2,1-6H3/t15-/m0/s1. The molecule has 0 unspecified atom stereocenters. The molecular weight excluding hydrogens is 246 g/mol. The molecule has 2 heteroatoms. The Morgan fingerprint density at radius 1 is 1.25 bits per heavy atom. The van der Waals surface area contributed by atoms with Gasteiger partial charge in [0, 0.05) is 6.04 Å². The Morgan fingerprint density at radius 2 is 1.95 bits per heavy atom. The van der Waals surface area contributed by atoms with Crippen LogP contribution in [0.3, 0.4) is 0 Å². The number of benzene rings is 1. The number of hydrogen-bond acceptors (Lipinski definition) is 2. The Kier molecular flexibility index (Phi) is 6.54. The molecular formula is C18H31NO. The van der Waals surface area contributed by atoms with Crippen molar-refractivity contribution in [2.45, 2.75) is 65.8 Å². The van der Waals surface area contributed by atoms with Crippen LogP contribution in [-0.4, -0.2) is 19.2 Å². The smallest absolute Gasteiger partial charge is 0.122 e. The van der Waals surface area contributed by atoms with Gasteiger partial charge < -0.3 is 10.1 Å². The Balaban J connectivity index is 2.42. The van der Waals surface area contributed by atoms with Gasteiger partial charge in [-0.15, -0.1) is 0 Å². The van der Waals surface area contributed by atoms with E-state index in [0.29, 0.717) is 6.04 Å². The largest absolute Gasteiger partial charge is 0.493 e. The van der Waals surface area contributed by atoms with E-state index in [1.807, 2.05) is 0 Å². The van der Waals surface area contributed by atoms with Crippen molar-refractivity contribution in [3.63, 3.8) is 0 Å². The van der Waals surface area contributed by atoms with Crippen LogP contribution in [0.4, 0.5) is 0 Å². The van der Waals surface area contributed by atoms with Gasteiger partial charge in [0.25, 0.3) is 0 Å². The SMILES string of the molecule is CC[C@H](C)NCCCOc1ccc(C(C)(C)C)cc1C. The average Bonchev–Trinajstić information content (AvgIpc) is 2.38. The van der Waals surface area contributed by atoms with E-state index >= 15 is 0 Å². The summed E-state index contributed by atoms with van der Waals surface area (Å²) in [6.07, 6.45) is 2.22. The van der Waals surface area contributed by atoms with Crippen molar-refractivity contribution in [3.05, 3.63) is 29.3 Å². The predicted molar refractivity (Wildman–Crippen MR) is 87.7 cm³/mol. The summed E-state index contributed by atoms with van der Waals surface area (Å²) in [6.45, 7) is 15.1. The normalized spacial score (nSPS) is 13.3. The van der Waals surface area contributed by atoms with Crippen LogP contribution in [-0.2, 0) is 5.41 Å². The molecule has 0 aliphatic carbocycles. The van der Waals surface area contributed by atoms with Crippen molar-refractivity contribution < 1.29 is 4.74 Å². The molecule has 0 spiro atoms. The fraction of sp³-hybridized carbons (Fsp3) is 0.667. The number of ether oxygens (including phenoxy) is 1. The summed E-state index contributed by atoms with van der Waals surface area (Å²) in [7, 11) is 0. The van der Waals surface area contributed by atoms with E-state index in [0.717, 1.165) is 25.3 Å². The van der Waals surface area contributed by atoms with Crippen LogP contribution < -0.4 is 10.1 Å². The van der Waals surface area contributed by atoms with Crippen molar-refractivity contribution >= 4 is 0 Å². The molecule has 2 nitrogen and oxygen atoms in total. The zero-order valence-electron chi connectivity index (χ0n) is 14.0. The van der Waals surface area contributed by atoms with E-state index in [-0.39, 0.29) is 5.41 Å². The molecule has 0 amide bonds. The zero-order chi connectivity index (χ0) is 15.2. The second kappa shape index (κ2) is 7.68. The van der Waals surface area contributed by atoms with Crippen LogP contribution in [0.15, 0.2) is 18.2 Å². The van der Waals surface area contributed by atoms with E-state index in [2.05, 4.69) is 65.1 Å². The van der Waals surface area contributed by atoms with E-state index < -0.39 is 0 Å². The Morgan fingerprint density at radius 3 is 2.50 bits per heavy atom. The highest BCUT2D eigenvalue weighted by atomic mass is 16.5. The first kappa shape index (κ1) is 17.0. The number of aryl methyl sites for hydroxylation is 1. The maximum absolute atomic E-state index is 5.88. The summed E-state index contributed by atoms with van der Waals surface area (Å²) < 4.78 is 5.88. The fourth-order valence-electron chi connectivity index (χ4n) is 2.02. The molecule has 20 heavy (non-hydrogen) atoms. The molecule has 1 N–H and O–H groups in total. The molecule has 1 rings (SSSR count). The topological polar surface area (TPSA) is 21.3 Å². The second-order valence-electron chi connectivity index (χ2n) is 6.70. The van der Waals surface area contributed by atoms with Crippen LogP contribution >= 0.6 is 0 Å². The van der Waals surface area contributed by atoms with Gasteiger partial charge in [-0.3, -0.25) is 0 Å². The van der Waals surface area contributed by atoms with Crippen LogP contribution in [0.2, 0.25) is 0 Å². The maximum atomic E-state index is 5.88. The molecule has 0 radical (unpaired) electrons. The molecule has 0 fully saturated rings. The van der Waals surface area contributed by atoms with Gasteiger partial charge >= 0.3 is 0 Å². The first-order valence-corrected chi connectivity index (χ1v) is 7.82. The predicted octanol–water partition coefficient (Wildman–Crippen LogP) is 4.45. The summed E-state index contributed by atoms with van der Waals surface area (Å²) in [5, 5.41) is 3.48. The number of rotatable bonds is 7. The molecule has 0 aromatic heterocycles. The average molecular weight is 277 g/mol. The lowest BCUT2D eigenvalue weighted by Gasteiger charge is -2.20. The monoisotopic (exact) mass is 277 g/mol. The van der Waals surface area contributed by atoms with E-state index in [4.69, 9.17) is 4.74 Å². The summed E-state index contributed by atoms with van der Waals surface area (Å²) in [5.41, 5.74) is 2.79. The molecule has 0 aliphatic rings. The minimum atomic E-state index is 0.198. The van der Waals surface area contributed by atoms with Gasteiger partial charge in [-0.05, 0) is 55.8 Å². The minimum Gasteiger partial charge on any atom is -0.493 e. The molecule has 0 heterocycles. The van der Waals surface area contributed by atoms with Crippen LogP contribution in [0.5, 0.6) is 5.75 Å². The third kappa shape index (κ3) is 5.54. The molecule has 1 aromatic rings. The van der Waals surface area contributed by atoms with Gasteiger partial charge in [-0.25, -0.2) is 0 Å². The van der Waals surface area contributed by atoms with Crippen molar-refractivity contribution in [2.75, 3.05) is 13.2 Å². The highest BCUT2D eigenvalue weighted by molar-refractivity contribution is 5.38. The van der Waals surface area contributed by atoms with Crippen molar-refractivity contribution in [2.24, 2.45) is 0 Å². The third-order valence-electron chi connectivity index (χ3n) is 3.72. The van der Waals surface area contributed by atoms with Crippen molar-refractivity contribution in [1.29, 1.82) is 0 Å². The Bertz CT molecular complexity index is 406.